The van der Waals surface area contributed by atoms with Gasteiger partial charge in [0.1, 0.15) is 0 Å². The molecule has 0 saturated heterocycles. The zero-order valence-corrected chi connectivity index (χ0v) is 12.3. The molecule has 0 aromatic carbocycles. The van der Waals surface area contributed by atoms with Gasteiger partial charge >= 0.3 is 55.8 Å². The van der Waals surface area contributed by atoms with Crippen LogP contribution in [0.25, 0.3) is 0 Å². The van der Waals surface area contributed by atoms with Gasteiger partial charge in [-0.25, -0.2) is 0 Å². The summed E-state index contributed by atoms with van der Waals surface area (Å²) >= 11 is -4.33. The fourth-order valence-corrected chi connectivity index (χ4v) is 0. The number of hydrogen-bond acceptors (Lipinski definition) is 0. The van der Waals surface area contributed by atoms with Crippen molar-refractivity contribution in [3.8, 4) is 0 Å². The van der Waals surface area contributed by atoms with E-state index in [0.717, 1.165) is 0 Å². The first kappa shape index (κ1) is 13.2. The molecule has 0 aliphatic rings. The SMILES string of the molecule is [Ce].[Cl][Sb]([Cl])([Cl])([Cl])[Cl]. The second-order valence-corrected chi connectivity index (χ2v) is 38.6. The van der Waals surface area contributed by atoms with Crippen LogP contribution in [0.5, 0.6) is 0 Å². The van der Waals surface area contributed by atoms with Crippen LogP contribution in [0.4, 0.5) is 0 Å². The molecule has 0 aromatic heterocycles. The third-order valence-corrected chi connectivity index (χ3v) is 0. The van der Waals surface area contributed by atoms with Gasteiger partial charge in [0.05, 0.1) is 0 Å². The Morgan fingerprint density at radius 3 is 0.714 bits per heavy atom. The maximum atomic E-state index is 5.05. The third kappa shape index (κ3) is 42.4. The van der Waals surface area contributed by atoms with Crippen molar-refractivity contribution in [3.05, 3.63) is 0 Å². The molecule has 0 atom stereocenters. The second kappa shape index (κ2) is 3.87. The van der Waals surface area contributed by atoms with Crippen molar-refractivity contribution in [1.82, 2.24) is 0 Å². The molecule has 0 heterocycles. The number of rotatable bonds is 0. The zero-order chi connectivity index (χ0) is 5.45. The van der Waals surface area contributed by atoms with E-state index in [1.165, 1.54) is 0 Å². The molecule has 7 heteroatoms. The van der Waals surface area contributed by atoms with Crippen LogP contribution in [0.2, 0.25) is 0 Å². The fraction of sp³-hybridized carbons (Fsp3) is 0. The summed E-state index contributed by atoms with van der Waals surface area (Å²) < 4.78 is 0. The van der Waals surface area contributed by atoms with Crippen molar-refractivity contribution in [2.45, 2.75) is 0 Å². The van der Waals surface area contributed by atoms with E-state index in [0.29, 0.717) is 0 Å². The van der Waals surface area contributed by atoms with Crippen molar-refractivity contribution in [1.29, 1.82) is 0 Å². The van der Waals surface area contributed by atoms with Gasteiger partial charge in [0.2, 0.25) is 0 Å². The van der Waals surface area contributed by atoms with E-state index in [-0.39, 0.29) is 41.7 Å². The van der Waals surface area contributed by atoms with Crippen LogP contribution in [0.3, 0.4) is 0 Å². The molecule has 0 radical (unpaired) electrons. The topological polar surface area (TPSA) is 0 Å². The molecule has 0 nitrogen and oxygen atoms in total. The van der Waals surface area contributed by atoms with Crippen LogP contribution < -0.4 is 0 Å². The molecular weight excluding hydrogens is 439 g/mol. The van der Waals surface area contributed by atoms with E-state index < -0.39 is 11.7 Å². The van der Waals surface area contributed by atoms with Crippen LogP contribution in [0, 0.1) is 41.7 Å². The summed E-state index contributed by atoms with van der Waals surface area (Å²) in [5.41, 5.74) is 0. The van der Waals surface area contributed by atoms with E-state index >= 15 is 0 Å². The first-order chi connectivity index (χ1) is 2.24. The molecule has 0 amide bonds. The van der Waals surface area contributed by atoms with Crippen molar-refractivity contribution in [2.24, 2.45) is 0 Å². The maximum absolute atomic E-state index is 5.05. The molecule has 44 valence electrons. The second-order valence-electron chi connectivity index (χ2n) is 0.639. The molecule has 0 aromatic rings. The van der Waals surface area contributed by atoms with Crippen molar-refractivity contribution in [3.63, 3.8) is 0 Å². The number of hydrogen-bond donors (Lipinski definition) is 0. The van der Waals surface area contributed by atoms with Crippen LogP contribution in [-0.2, 0) is 0 Å². The molecule has 0 aliphatic carbocycles. The Morgan fingerprint density at radius 2 is 0.714 bits per heavy atom. The van der Waals surface area contributed by atoms with Crippen molar-refractivity contribution >= 4 is 55.8 Å². The van der Waals surface area contributed by atoms with E-state index in [1.807, 2.05) is 0 Å². The zero-order valence-electron chi connectivity index (χ0n) is 2.84. The Balaban J connectivity index is 0. The molecule has 0 saturated carbocycles. The van der Waals surface area contributed by atoms with Gasteiger partial charge in [-0.2, -0.15) is 0 Å². The predicted octanol–water partition coefficient (Wildman–Crippen LogP) is 3.07. The van der Waals surface area contributed by atoms with Gasteiger partial charge in [-0.1, -0.05) is 0 Å². The summed E-state index contributed by atoms with van der Waals surface area (Å²) in [7, 11) is 25.2. The van der Waals surface area contributed by atoms with Crippen LogP contribution >= 0.6 is 44.1 Å². The molecule has 0 bridgehead atoms. The summed E-state index contributed by atoms with van der Waals surface area (Å²) in [6, 6.07) is 0. The molecule has 0 spiro atoms. The summed E-state index contributed by atoms with van der Waals surface area (Å²) in [4.78, 5) is 0. The summed E-state index contributed by atoms with van der Waals surface area (Å²) in [6.07, 6.45) is 0. The minimum atomic E-state index is -4.33. The van der Waals surface area contributed by atoms with Gasteiger partial charge < -0.3 is 0 Å². The molecule has 7 heavy (non-hydrogen) atoms. The van der Waals surface area contributed by atoms with Crippen molar-refractivity contribution < 1.29 is 41.7 Å². The molecule has 0 unspecified atom stereocenters. The molecule has 0 aliphatic heterocycles. The van der Waals surface area contributed by atoms with Crippen LogP contribution in [0.1, 0.15) is 0 Å². The fourth-order valence-electron chi connectivity index (χ4n) is 0. The summed E-state index contributed by atoms with van der Waals surface area (Å²) in [5, 5.41) is 0. The van der Waals surface area contributed by atoms with Crippen LogP contribution in [-0.4, -0.2) is 11.7 Å². The Morgan fingerprint density at radius 1 is 0.714 bits per heavy atom. The van der Waals surface area contributed by atoms with Gasteiger partial charge in [0.15, 0.2) is 0 Å². The van der Waals surface area contributed by atoms with Gasteiger partial charge in [-0.05, 0) is 0 Å². The Labute approximate surface area is 95.0 Å². The first-order valence-electron chi connectivity index (χ1n) is 0.845. The Kier molecular flexibility index (Phi) is 7.33. The van der Waals surface area contributed by atoms with E-state index in [4.69, 9.17) is 44.1 Å². The van der Waals surface area contributed by atoms with E-state index in [2.05, 4.69) is 0 Å². The molecule has 0 rings (SSSR count). The first-order valence-corrected chi connectivity index (χ1v) is 17.0. The standard InChI is InChI=1S/Ce.5ClH.Sb/h;5*1H;/q;;;;;;+5/p-5. The average molecular weight is 439 g/mol. The molecular formula is CeCl5Sb. The van der Waals surface area contributed by atoms with Gasteiger partial charge in [0, 0.05) is 41.7 Å². The third-order valence-electron chi connectivity index (χ3n) is 0. The Hall–Kier alpha value is 3.64. The Bertz CT molecular complexity index is 41.3. The van der Waals surface area contributed by atoms with E-state index in [1.54, 1.807) is 0 Å². The molecule has 0 N–H and O–H groups in total. The predicted molar refractivity (Wildman–Crippen MR) is 35.0 cm³/mol. The van der Waals surface area contributed by atoms with Gasteiger partial charge in [-0.15, -0.1) is 0 Å². The quantitative estimate of drug-likeness (QED) is 0.510. The van der Waals surface area contributed by atoms with E-state index in [9.17, 15) is 0 Å². The average Bonchev–Trinajstić information content (AvgIpc) is 0.650. The number of halogens is 5. The normalized spacial score (nSPS) is 16.4. The van der Waals surface area contributed by atoms with Crippen LogP contribution in [0.15, 0.2) is 0 Å². The summed E-state index contributed by atoms with van der Waals surface area (Å²) in [6.45, 7) is 0. The van der Waals surface area contributed by atoms with Gasteiger partial charge in [-0.3, -0.25) is 0 Å². The monoisotopic (exact) mass is 436 g/mol. The molecule has 0 fully saturated rings. The summed E-state index contributed by atoms with van der Waals surface area (Å²) in [5.74, 6) is 0. The minimum absolute atomic E-state index is 0. The van der Waals surface area contributed by atoms with Gasteiger partial charge in [0.25, 0.3) is 0 Å². The van der Waals surface area contributed by atoms with Crippen molar-refractivity contribution in [2.75, 3.05) is 0 Å².